The fourth-order valence-corrected chi connectivity index (χ4v) is 2.24. The van der Waals surface area contributed by atoms with Crippen LogP contribution in [-0.2, 0) is 13.0 Å². The molecule has 0 bridgehead atoms. The van der Waals surface area contributed by atoms with E-state index < -0.39 is 0 Å². The molecule has 2 aromatic heterocycles. The van der Waals surface area contributed by atoms with Crippen LogP contribution in [0.25, 0.3) is 11.5 Å². The summed E-state index contributed by atoms with van der Waals surface area (Å²) in [5.74, 6) is 1.17. The van der Waals surface area contributed by atoms with E-state index in [-0.39, 0.29) is 5.82 Å². The van der Waals surface area contributed by atoms with Crippen molar-refractivity contribution < 1.29 is 8.81 Å². The summed E-state index contributed by atoms with van der Waals surface area (Å²) < 4.78 is 20.7. The Morgan fingerprint density at radius 1 is 1.33 bits per heavy atom. The van der Waals surface area contributed by atoms with Gasteiger partial charge in [-0.05, 0) is 24.6 Å². The van der Waals surface area contributed by atoms with Gasteiger partial charge in [0.05, 0.1) is 12.2 Å². The molecule has 0 radical (unpaired) electrons. The Balaban J connectivity index is 1.80. The minimum absolute atomic E-state index is 0.299. The van der Waals surface area contributed by atoms with Gasteiger partial charge in [-0.15, -0.1) is 0 Å². The summed E-state index contributed by atoms with van der Waals surface area (Å²) >= 11 is 0. The van der Waals surface area contributed by atoms with E-state index in [1.54, 1.807) is 24.6 Å². The number of hydrogen-bond acceptors (Lipinski definition) is 3. The van der Waals surface area contributed by atoms with Crippen molar-refractivity contribution >= 4 is 0 Å². The fraction of sp³-hybridized carbons (Fsp3) is 0.250. The van der Waals surface area contributed by atoms with Crippen LogP contribution in [0.5, 0.6) is 0 Å². The smallest absolute Gasteiger partial charge is 0.226 e. The Morgan fingerprint density at radius 2 is 2.24 bits per heavy atom. The molecule has 0 amide bonds. The first kappa shape index (κ1) is 13.5. The summed E-state index contributed by atoms with van der Waals surface area (Å²) in [4.78, 5) is 8.75. The van der Waals surface area contributed by atoms with Gasteiger partial charge in [0.2, 0.25) is 5.89 Å². The van der Waals surface area contributed by atoms with Crippen LogP contribution in [0, 0.1) is 5.82 Å². The van der Waals surface area contributed by atoms with Gasteiger partial charge in [0.1, 0.15) is 17.9 Å². The summed E-state index contributed by atoms with van der Waals surface area (Å²) in [5, 5.41) is 0. The molecular weight excluding hydrogens is 269 g/mol. The molecule has 21 heavy (non-hydrogen) atoms. The van der Waals surface area contributed by atoms with E-state index in [0.29, 0.717) is 18.0 Å². The first-order chi connectivity index (χ1) is 10.3. The fourth-order valence-electron chi connectivity index (χ4n) is 2.24. The van der Waals surface area contributed by atoms with Crippen LogP contribution < -0.4 is 0 Å². The van der Waals surface area contributed by atoms with Crippen molar-refractivity contribution in [1.29, 1.82) is 0 Å². The molecule has 0 aliphatic heterocycles. The second kappa shape index (κ2) is 5.91. The average molecular weight is 285 g/mol. The molecule has 0 aliphatic carbocycles. The maximum atomic E-state index is 13.2. The summed E-state index contributed by atoms with van der Waals surface area (Å²) in [5.41, 5.74) is 1.44. The van der Waals surface area contributed by atoms with Gasteiger partial charge in [-0.1, -0.05) is 13.0 Å². The predicted octanol–water partition coefficient (Wildman–Crippen LogP) is 3.68. The molecule has 0 unspecified atom stereocenters. The zero-order chi connectivity index (χ0) is 14.7. The number of nitrogens with zero attached hydrogens (tertiary/aromatic N) is 3. The number of oxazole rings is 1. The van der Waals surface area contributed by atoms with Gasteiger partial charge in [0.25, 0.3) is 0 Å². The highest BCUT2D eigenvalue weighted by atomic mass is 19.1. The Morgan fingerprint density at radius 3 is 3.05 bits per heavy atom. The van der Waals surface area contributed by atoms with Crippen LogP contribution in [0.1, 0.15) is 24.9 Å². The van der Waals surface area contributed by atoms with Crippen LogP contribution >= 0.6 is 0 Å². The first-order valence-electron chi connectivity index (χ1n) is 6.96. The molecular formula is C16H16FN3O. The van der Waals surface area contributed by atoms with Crippen molar-refractivity contribution in [1.82, 2.24) is 14.5 Å². The van der Waals surface area contributed by atoms with Crippen LogP contribution in [-0.4, -0.2) is 14.5 Å². The molecule has 108 valence electrons. The molecule has 0 spiro atoms. The topological polar surface area (TPSA) is 43.9 Å². The first-order valence-corrected chi connectivity index (χ1v) is 6.96. The normalized spacial score (nSPS) is 11.0. The highest BCUT2D eigenvalue weighted by Gasteiger charge is 2.09. The lowest BCUT2D eigenvalue weighted by atomic mass is 10.2. The molecule has 3 aromatic rings. The second-order valence-corrected chi connectivity index (χ2v) is 4.88. The third kappa shape index (κ3) is 3.02. The summed E-state index contributed by atoms with van der Waals surface area (Å²) in [7, 11) is 0. The molecule has 2 heterocycles. The largest absolute Gasteiger partial charge is 0.444 e. The number of hydrogen-bond donors (Lipinski definition) is 0. The lowest BCUT2D eigenvalue weighted by molar-refractivity contribution is 0.569. The highest BCUT2D eigenvalue weighted by molar-refractivity contribution is 5.52. The molecule has 3 rings (SSSR count). The van der Waals surface area contributed by atoms with Crippen molar-refractivity contribution in [3.63, 3.8) is 0 Å². The van der Waals surface area contributed by atoms with E-state index >= 15 is 0 Å². The summed E-state index contributed by atoms with van der Waals surface area (Å²) in [6.07, 6.45) is 7.31. The maximum absolute atomic E-state index is 13.2. The van der Waals surface area contributed by atoms with Gasteiger partial charge < -0.3 is 8.98 Å². The Labute approximate surface area is 122 Å². The van der Waals surface area contributed by atoms with Crippen molar-refractivity contribution in [2.24, 2.45) is 0 Å². The number of halogens is 1. The highest BCUT2D eigenvalue weighted by Crippen LogP contribution is 2.20. The van der Waals surface area contributed by atoms with Gasteiger partial charge in [0, 0.05) is 24.4 Å². The molecule has 0 atom stereocenters. The Hall–Kier alpha value is -2.43. The molecule has 5 heteroatoms. The van der Waals surface area contributed by atoms with E-state index in [4.69, 9.17) is 4.42 Å². The van der Waals surface area contributed by atoms with Crippen molar-refractivity contribution in [3.05, 3.63) is 60.3 Å². The van der Waals surface area contributed by atoms with E-state index in [9.17, 15) is 4.39 Å². The molecule has 0 aliphatic rings. The summed E-state index contributed by atoms with van der Waals surface area (Å²) in [6.45, 7) is 2.73. The van der Waals surface area contributed by atoms with E-state index in [1.165, 1.54) is 12.1 Å². The second-order valence-electron chi connectivity index (χ2n) is 4.88. The van der Waals surface area contributed by atoms with Gasteiger partial charge in [-0.25, -0.2) is 14.4 Å². The minimum atomic E-state index is -0.299. The number of aryl methyl sites for hydroxylation is 1. The minimum Gasteiger partial charge on any atom is -0.444 e. The third-order valence-corrected chi connectivity index (χ3v) is 3.23. The van der Waals surface area contributed by atoms with Crippen molar-refractivity contribution in [3.8, 4) is 11.5 Å². The summed E-state index contributed by atoms with van der Waals surface area (Å²) in [6, 6.07) is 6.23. The van der Waals surface area contributed by atoms with Crippen LogP contribution in [0.2, 0.25) is 0 Å². The lowest BCUT2D eigenvalue weighted by Crippen LogP contribution is -2.04. The van der Waals surface area contributed by atoms with Crippen molar-refractivity contribution in [2.75, 3.05) is 0 Å². The molecule has 0 N–H and O–H groups in total. The maximum Gasteiger partial charge on any atom is 0.226 e. The molecule has 0 saturated carbocycles. The Kier molecular flexibility index (Phi) is 3.81. The van der Waals surface area contributed by atoms with E-state index in [2.05, 4.69) is 21.5 Å². The molecule has 0 saturated heterocycles. The lowest BCUT2D eigenvalue weighted by Gasteiger charge is -2.03. The zero-order valence-electron chi connectivity index (χ0n) is 11.8. The number of rotatable bonds is 5. The molecule has 4 nitrogen and oxygen atoms in total. The molecule has 0 fully saturated rings. The van der Waals surface area contributed by atoms with Crippen LogP contribution in [0.15, 0.2) is 47.3 Å². The number of imidazole rings is 1. The van der Waals surface area contributed by atoms with E-state index in [1.807, 2.05) is 6.20 Å². The standard InChI is InChI=1S/C16H16FN3O/c1-2-4-15-18-7-8-20(15)10-14-11-21-16(19-14)12-5-3-6-13(17)9-12/h3,5-9,11H,2,4,10H2,1H3. The number of benzene rings is 1. The Bertz CT molecular complexity index is 732. The SMILES string of the molecule is CCCc1nccn1Cc1coc(-c2cccc(F)c2)n1. The van der Waals surface area contributed by atoms with Gasteiger partial charge >= 0.3 is 0 Å². The van der Waals surface area contributed by atoms with Gasteiger partial charge in [0.15, 0.2) is 0 Å². The predicted molar refractivity (Wildman–Crippen MR) is 77.2 cm³/mol. The zero-order valence-corrected chi connectivity index (χ0v) is 11.8. The van der Waals surface area contributed by atoms with Gasteiger partial charge in [-0.3, -0.25) is 0 Å². The monoisotopic (exact) mass is 285 g/mol. The van der Waals surface area contributed by atoms with E-state index in [0.717, 1.165) is 24.4 Å². The van der Waals surface area contributed by atoms with Crippen LogP contribution in [0.3, 0.4) is 0 Å². The third-order valence-electron chi connectivity index (χ3n) is 3.23. The average Bonchev–Trinajstić information content (AvgIpc) is 3.10. The molecule has 1 aromatic carbocycles. The van der Waals surface area contributed by atoms with Crippen LogP contribution in [0.4, 0.5) is 4.39 Å². The van der Waals surface area contributed by atoms with Crippen molar-refractivity contribution in [2.45, 2.75) is 26.3 Å². The number of aromatic nitrogens is 3. The van der Waals surface area contributed by atoms with Gasteiger partial charge in [-0.2, -0.15) is 0 Å². The quantitative estimate of drug-likeness (QED) is 0.718.